The summed E-state index contributed by atoms with van der Waals surface area (Å²) in [6.07, 6.45) is 4.35. The Morgan fingerprint density at radius 1 is 1.27 bits per heavy atom. The van der Waals surface area contributed by atoms with Crippen LogP contribution in [0.3, 0.4) is 0 Å². The van der Waals surface area contributed by atoms with E-state index in [1.165, 1.54) is 12.8 Å². The molecule has 120 valence electrons. The Labute approximate surface area is 138 Å². The van der Waals surface area contributed by atoms with Gasteiger partial charge in [0, 0.05) is 11.2 Å². The first kappa shape index (κ1) is 16.1. The number of fused-ring (bicyclic) bond motifs is 1. The third-order valence-corrected chi connectivity index (χ3v) is 6.64. The second-order valence-corrected chi connectivity index (χ2v) is 9.10. The lowest BCUT2D eigenvalue weighted by atomic mass is 9.75. The molecule has 3 heteroatoms. The number of ether oxygens (including phenoxy) is 1. The molecule has 4 unspecified atom stereocenters. The molecule has 1 aliphatic heterocycles. The Kier molecular flexibility index (Phi) is 4.65. The predicted octanol–water partition coefficient (Wildman–Crippen LogP) is 4.47. The van der Waals surface area contributed by atoms with E-state index < -0.39 is 0 Å². The van der Waals surface area contributed by atoms with Gasteiger partial charge in [0.05, 0.1) is 6.10 Å². The van der Waals surface area contributed by atoms with Gasteiger partial charge in [0.2, 0.25) is 0 Å². The summed E-state index contributed by atoms with van der Waals surface area (Å²) < 4.78 is 6.37. The van der Waals surface area contributed by atoms with Gasteiger partial charge >= 0.3 is 0 Å². The van der Waals surface area contributed by atoms with Crippen LogP contribution in [0.25, 0.3) is 0 Å². The number of Topliss-reactive ketones (excluding diaryl/α,β-unsaturated/α-hetero) is 1. The Morgan fingerprint density at radius 3 is 2.73 bits per heavy atom. The molecule has 1 saturated heterocycles. The first-order chi connectivity index (χ1) is 10.5. The summed E-state index contributed by atoms with van der Waals surface area (Å²) in [5.41, 5.74) is 0.774. The summed E-state index contributed by atoms with van der Waals surface area (Å²) in [6, 6.07) is 9.99. The van der Waals surface area contributed by atoms with Gasteiger partial charge in [0.25, 0.3) is 0 Å². The summed E-state index contributed by atoms with van der Waals surface area (Å²) in [5, 5.41) is 0. The highest BCUT2D eigenvalue weighted by Crippen LogP contribution is 2.50. The van der Waals surface area contributed by atoms with Crippen LogP contribution in [0.15, 0.2) is 30.3 Å². The normalized spacial score (nSPS) is 34.0. The smallest absolute Gasteiger partial charge is 0.176 e. The minimum atomic E-state index is -0.304. The Bertz CT molecular complexity index is 525. The van der Waals surface area contributed by atoms with Crippen LogP contribution in [-0.4, -0.2) is 22.1 Å². The lowest BCUT2D eigenvalue weighted by molar-refractivity contribution is -0.133. The van der Waals surface area contributed by atoms with E-state index in [9.17, 15) is 4.79 Å². The summed E-state index contributed by atoms with van der Waals surface area (Å²) in [5.74, 6) is 1.50. The molecule has 1 aromatic carbocycles. The lowest BCUT2D eigenvalue weighted by Crippen LogP contribution is -2.50. The van der Waals surface area contributed by atoms with Crippen LogP contribution in [0.1, 0.15) is 45.6 Å². The maximum absolute atomic E-state index is 12.7. The fourth-order valence-corrected chi connectivity index (χ4v) is 5.26. The largest absolute Gasteiger partial charge is 0.356 e. The van der Waals surface area contributed by atoms with Crippen LogP contribution >= 0.6 is 11.8 Å². The molecule has 0 N–H and O–H groups in total. The zero-order valence-corrected chi connectivity index (χ0v) is 14.6. The van der Waals surface area contributed by atoms with Crippen LogP contribution in [0.4, 0.5) is 0 Å². The molecular weight excluding hydrogens is 292 g/mol. The van der Waals surface area contributed by atoms with Crippen molar-refractivity contribution in [1.82, 2.24) is 0 Å². The van der Waals surface area contributed by atoms with Crippen LogP contribution in [0.2, 0.25) is 0 Å². The molecule has 1 aromatic rings. The molecule has 0 aromatic heterocycles. The van der Waals surface area contributed by atoms with Crippen molar-refractivity contribution in [2.75, 3.05) is 0 Å². The van der Waals surface area contributed by atoms with Crippen molar-refractivity contribution in [2.45, 2.75) is 62.7 Å². The van der Waals surface area contributed by atoms with E-state index in [0.717, 1.165) is 12.0 Å². The fourth-order valence-electron chi connectivity index (χ4n) is 3.85. The van der Waals surface area contributed by atoms with Crippen molar-refractivity contribution in [3.8, 4) is 0 Å². The third kappa shape index (κ3) is 3.41. The maximum Gasteiger partial charge on any atom is 0.176 e. The second kappa shape index (κ2) is 6.37. The summed E-state index contributed by atoms with van der Waals surface area (Å²) in [7, 11) is 0. The Hall–Kier alpha value is -0.800. The quantitative estimate of drug-likeness (QED) is 0.822. The molecular formula is C19H26O2S. The van der Waals surface area contributed by atoms with Crippen LogP contribution in [-0.2, 0) is 16.0 Å². The molecule has 2 nitrogen and oxygen atoms in total. The number of thioether (sulfide) groups is 1. The lowest BCUT2D eigenvalue weighted by Gasteiger charge is -2.49. The molecule has 1 heterocycles. The summed E-state index contributed by atoms with van der Waals surface area (Å²) >= 11 is 1.73. The van der Waals surface area contributed by atoms with Crippen molar-refractivity contribution in [1.29, 1.82) is 0 Å². The highest BCUT2D eigenvalue weighted by molar-refractivity contribution is 8.01. The monoisotopic (exact) mass is 318 g/mol. The standard InChI is InChI=1S/C19H26O2S/c1-13-9-10-15-17(11-13)21-18(22-19(15,2)3)16(20)12-14-7-5-4-6-8-14/h4-8,13,15,17-18H,9-12H2,1-3H3. The van der Waals surface area contributed by atoms with E-state index in [1.54, 1.807) is 11.8 Å². The predicted molar refractivity (Wildman–Crippen MR) is 92.0 cm³/mol. The number of rotatable bonds is 3. The first-order valence-electron chi connectivity index (χ1n) is 8.35. The van der Waals surface area contributed by atoms with E-state index in [4.69, 9.17) is 4.74 Å². The Balaban J connectivity index is 1.70. The average molecular weight is 318 g/mol. The third-order valence-electron chi connectivity index (χ3n) is 5.14. The van der Waals surface area contributed by atoms with Gasteiger partial charge in [-0.1, -0.05) is 57.5 Å². The molecule has 0 spiro atoms. The molecule has 1 saturated carbocycles. The fraction of sp³-hybridized carbons (Fsp3) is 0.632. The summed E-state index contributed by atoms with van der Waals surface area (Å²) in [4.78, 5) is 12.7. The van der Waals surface area contributed by atoms with Crippen molar-refractivity contribution in [3.05, 3.63) is 35.9 Å². The number of carbonyl (C=O) groups excluding carboxylic acids is 1. The molecule has 1 aliphatic carbocycles. The van der Waals surface area contributed by atoms with Crippen LogP contribution in [0, 0.1) is 11.8 Å². The molecule has 2 aliphatic rings. The number of carbonyl (C=O) groups is 1. The van der Waals surface area contributed by atoms with Gasteiger partial charge in [0.1, 0.15) is 0 Å². The van der Waals surface area contributed by atoms with Crippen LogP contribution < -0.4 is 0 Å². The highest BCUT2D eigenvalue weighted by atomic mass is 32.2. The minimum absolute atomic E-state index is 0.125. The van der Waals surface area contributed by atoms with E-state index in [-0.39, 0.29) is 22.1 Å². The molecule has 0 bridgehead atoms. The highest BCUT2D eigenvalue weighted by Gasteiger charge is 2.47. The van der Waals surface area contributed by atoms with Gasteiger partial charge in [-0.2, -0.15) is 0 Å². The number of hydrogen-bond acceptors (Lipinski definition) is 3. The minimum Gasteiger partial charge on any atom is -0.356 e. The number of ketones is 1. The topological polar surface area (TPSA) is 26.3 Å². The number of hydrogen-bond donors (Lipinski definition) is 0. The van der Waals surface area contributed by atoms with E-state index in [2.05, 4.69) is 20.8 Å². The van der Waals surface area contributed by atoms with Gasteiger partial charge < -0.3 is 4.74 Å². The molecule has 0 amide bonds. The zero-order valence-electron chi connectivity index (χ0n) is 13.7. The molecule has 4 atom stereocenters. The van der Waals surface area contributed by atoms with Gasteiger partial charge in [-0.25, -0.2) is 0 Å². The van der Waals surface area contributed by atoms with E-state index in [1.807, 2.05) is 30.3 Å². The number of benzene rings is 1. The van der Waals surface area contributed by atoms with Gasteiger partial charge in [-0.15, -0.1) is 11.8 Å². The molecule has 3 rings (SSSR count). The molecule has 22 heavy (non-hydrogen) atoms. The SMILES string of the molecule is CC1CCC2C(C1)OC(C(=O)Cc1ccccc1)SC2(C)C. The van der Waals surface area contributed by atoms with Crippen molar-refractivity contribution in [2.24, 2.45) is 11.8 Å². The maximum atomic E-state index is 12.7. The van der Waals surface area contributed by atoms with Crippen LogP contribution in [0.5, 0.6) is 0 Å². The van der Waals surface area contributed by atoms with Crippen molar-refractivity contribution >= 4 is 17.5 Å². The molecule has 2 fully saturated rings. The molecule has 0 radical (unpaired) electrons. The van der Waals surface area contributed by atoms with Gasteiger partial charge in [-0.05, 0) is 30.2 Å². The van der Waals surface area contributed by atoms with Gasteiger partial charge in [0.15, 0.2) is 11.2 Å². The summed E-state index contributed by atoms with van der Waals surface area (Å²) in [6.45, 7) is 6.88. The Morgan fingerprint density at radius 2 is 2.00 bits per heavy atom. The van der Waals surface area contributed by atoms with Crippen molar-refractivity contribution < 1.29 is 9.53 Å². The van der Waals surface area contributed by atoms with Gasteiger partial charge in [-0.3, -0.25) is 4.79 Å². The van der Waals surface area contributed by atoms with E-state index >= 15 is 0 Å². The first-order valence-corrected chi connectivity index (χ1v) is 9.23. The second-order valence-electron chi connectivity index (χ2n) is 7.38. The average Bonchev–Trinajstić information content (AvgIpc) is 2.46. The van der Waals surface area contributed by atoms with E-state index in [0.29, 0.717) is 18.3 Å². The van der Waals surface area contributed by atoms with Crippen molar-refractivity contribution in [3.63, 3.8) is 0 Å². The zero-order chi connectivity index (χ0) is 15.7.